The van der Waals surface area contributed by atoms with Crippen LogP contribution in [0.15, 0.2) is 12.4 Å². The molecule has 4 nitrogen and oxygen atoms in total. The van der Waals surface area contributed by atoms with Crippen LogP contribution in [0.5, 0.6) is 0 Å². The van der Waals surface area contributed by atoms with Crippen molar-refractivity contribution in [2.45, 2.75) is 45.7 Å². The van der Waals surface area contributed by atoms with Gasteiger partial charge in [-0.25, -0.2) is 4.98 Å². The van der Waals surface area contributed by atoms with Crippen LogP contribution in [0, 0.1) is 0 Å². The molecule has 1 N–H and O–H groups in total. The fourth-order valence-electron chi connectivity index (χ4n) is 2.44. The van der Waals surface area contributed by atoms with Gasteiger partial charge in [0.15, 0.2) is 0 Å². The summed E-state index contributed by atoms with van der Waals surface area (Å²) in [7, 11) is 0. The Morgan fingerprint density at radius 2 is 2.18 bits per heavy atom. The molecule has 1 atom stereocenters. The van der Waals surface area contributed by atoms with Crippen LogP contribution in [-0.4, -0.2) is 40.1 Å². The Balaban J connectivity index is 1.90. The summed E-state index contributed by atoms with van der Waals surface area (Å²) in [5, 5.41) is 3.37. The third-order valence-corrected chi connectivity index (χ3v) is 3.47. The number of imidazole rings is 1. The Labute approximate surface area is 104 Å². The zero-order valence-corrected chi connectivity index (χ0v) is 11.0. The van der Waals surface area contributed by atoms with Gasteiger partial charge in [-0.2, -0.15) is 0 Å². The molecule has 1 aromatic heterocycles. The predicted octanol–water partition coefficient (Wildman–Crippen LogP) is 2.19. The maximum absolute atomic E-state index is 4.37. The minimum Gasteiger partial charge on any atom is -0.356 e. The quantitative estimate of drug-likeness (QED) is 0.822. The molecule has 1 saturated heterocycles. The lowest BCUT2D eigenvalue weighted by atomic mass is 10.3. The van der Waals surface area contributed by atoms with E-state index in [1.165, 1.54) is 25.9 Å². The third kappa shape index (κ3) is 3.22. The molecule has 4 heteroatoms. The standard InChI is InChI=1S/C13H24N4/c1-3-6-14-13-15-7-10-17(13)11-12(2)16-8-4-5-9-16/h7,10,12H,3-6,8-9,11H2,1-2H3,(H,14,15). The van der Waals surface area contributed by atoms with E-state index in [-0.39, 0.29) is 0 Å². The molecule has 0 amide bonds. The van der Waals surface area contributed by atoms with Crippen LogP contribution in [0.3, 0.4) is 0 Å². The number of hydrogen-bond acceptors (Lipinski definition) is 3. The van der Waals surface area contributed by atoms with E-state index in [1.54, 1.807) is 0 Å². The van der Waals surface area contributed by atoms with Crippen molar-refractivity contribution in [1.82, 2.24) is 14.5 Å². The molecule has 0 radical (unpaired) electrons. The second-order valence-corrected chi connectivity index (χ2v) is 4.92. The number of nitrogens with one attached hydrogen (secondary N) is 1. The summed E-state index contributed by atoms with van der Waals surface area (Å²) in [6.07, 6.45) is 7.80. The number of aromatic nitrogens is 2. The molecule has 96 valence electrons. The molecule has 1 aromatic rings. The van der Waals surface area contributed by atoms with Gasteiger partial charge in [-0.3, -0.25) is 4.90 Å². The van der Waals surface area contributed by atoms with Crippen LogP contribution in [0.4, 0.5) is 5.95 Å². The molecule has 0 aromatic carbocycles. The maximum Gasteiger partial charge on any atom is 0.202 e. The van der Waals surface area contributed by atoms with Gasteiger partial charge in [0.05, 0.1) is 0 Å². The van der Waals surface area contributed by atoms with Crippen LogP contribution in [-0.2, 0) is 6.54 Å². The average Bonchev–Trinajstić information content (AvgIpc) is 2.97. The van der Waals surface area contributed by atoms with E-state index in [4.69, 9.17) is 0 Å². The SMILES string of the molecule is CCCNc1nccn1CC(C)N1CCCC1. The van der Waals surface area contributed by atoms with Gasteiger partial charge in [-0.15, -0.1) is 0 Å². The Morgan fingerprint density at radius 1 is 1.41 bits per heavy atom. The van der Waals surface area contributed by atoms with Gasteiger partial charge in [0, 0.05) is 31.5 Å². The normalized spacial score (nSPS) is 18.5. The molecule has 0 aliphatic carbocycles. The molecule has 2 rings (SSSR count). The van der Waals surface area contributed by atoms with Crippen molar-refractivity contribution >= 4 is 5.95 Å². The first-order valence-corrected chi connectivity index (χ1v) is 6.80. The Kier molecular flexibility index (Phi) is 4.42. The number of hydrogen-bond donors (Lipinski definition) is 1. The average molecular weight is 236 g/mol. The van der Waals surface area contributed by atoms with E-state index in [2.05, 4.69) is 39.8 Å². The highest BCUT2D eigenvalue weighted by Crippen LogP contribution is 2.14. The number of rotatable bonds is 6. The largest absolute Gasteiger partial charge is 0.356 e. The second kappa shape index (κ2) is 6.05. The molecule has 2 heterocycles. The van der Waals surface area contributed by atoms with Gasteiger partial charge in [-0.05, 0) is 39.3 Å². The van der Waals surface area contributed by atoms with Crippen molar-refractivity contribution in [3.63, 3.8) is 0 Å². The molecular formula is C13H24N4. The van der Waals surface area contributed by atoms with Gasteiger partial charge >= 0.3 is 0 Å². The first-order valence-electron chi connectivity index (χ1n) is 6.80. The fraction of sp³-hybridized carbons (Fsp3) is 0.769. The van der Waals surface area contributed by atoms with Crippen LogP contribution < -0.4 is 5.32 Å². The lowest BCUT2D eigenvalue weighted by Crippen LogP contribution is -2.33. The first kappa shape index (κ1) is 12.4. The summed E-state index contributed by atoms with van der Waals surface area (Å²) in [4.78, 5) is 6.94. The van der Waals surface area contributed by atoms with Crippen molar-refractivity contribution in [1.29, 1.82) is 0 Å². The van der Waals surface area contributed by atoms with Crippen LogP contribution in [0.25, 0.3) is 0 Å². The maximum atomic E-state index is 4.37. The lowest BCUT2D eigenvalue weighted by Gasteiger charge is -2.24. The van der Waals surface area contributed by atoms with E-state index >= 15 is 0 Å². The number of likely N-dealkylation sites (tertiary alicyclic amines) is 1. The molecule has 1 unspecified atom stereocenters. The van der Waals surface area contributed by atoms with Gasteiger partial charge in [0.25, 0.3) is 0 Å². The van der Waals surface area contributed by atoms with Gasteiger partial charge in [-0.1, -0.05) is 6.92 Å². The summed E-state index contributed by atoms with van der Waals surface area (Å²) in [5.74, 6) is 1.01. The Morgan fingerprint density at radius 3 is 2.88 bits per heavy atom. The third-order valence-electron chi connectivity index (χ3n) is 3.47. The zero-order valence-electron chi connectivity index (χ0n) is 11.0. The molecule has 17 heavy (non-hydrogen) atoms. The molecule has 0 saturated carbocycles. The zero-order chi connectivity index (χ0) is 12.1. The lowest BCUT2D eigenvalue weighted by molar-refractivity contribution is 0.236. The molecule has 1 aliphatic rings. The Hall–Kier alpha value is -1.03. The minimum absolute atomic E-state index is 0.605. The smallest absolute Gasteiger partial charge is 0.202 e. The topological polar surface area (TPSA) is 33.1 Å². The molecule has 1 aliphatic heterocycles. The van der Waals surface area contributed by atoms with Crippen molar-refractivity contribution in [2.75, 3.05) is 25.0 Å². The second-order valence-electron chi connectivity index (χ2n) is 4.92. The van der Waals surface area contributed by atoms with Gasteiger partial charge in [0.2, 0.25) is 5.95 Å². The highest BCUT2D eigenvalue weighted by Gasteiger charge is 2.18. The number of nitrogens with zero attached hydrogens (tertiary/aromatic N) is 3. The molecular weight excluding hydrogens is 212 g/mol. The van der Waals surface area contributed by atoms with Gasteiger partial charge in [0.1, 0.15) is 0 Å². The van der Waals surface area contributed by atoms with E-state index < -0.39 is 0 Å². The first-order chi connectivity index (χ1) is 8.31. The summed E-state index contributed by atoms with van der Waals surface area (Å²) < 4.78 is 2.23. The van der Waals surface area contributed by atoms with E-state index in [1.807, 2.05) is 6.20 Å². The van der Waals surface area contributed by atoms with E-state index in [0.717, 1.165) is 25.5 Å². The monoisotopic (exact) mass is 236 g/mol. The Bertz CT molecular complexity index is 328. The highest BCUT2D eigenvalue weighted by molar-refractivity contribution is 5.25. The predicted molar refractivity (Wildman–Crippen MR) is 71.3 cm³/mol. The molecule has 0 spiro atoms. The van der Waals surface area contributed by atoms with Crippen molar-refractivity contribution in [2.24, 2.45) is 0 Å². The molecule has 0 bridgehead atoms. The van der Waals surface area contributed by atoms with Crippen LogP contribution >= 0.6 is 0 Å². The highest BCUT2D eigenvalue weighted by atomic mass is 15.2. The van der Waals surface area contributed by atoms with Crippen molar-refractivity contribution < 1.29 is 0 Å². The summed E-state index contributed by atoms with van der Waals surface area (Å²) in [6.45, 7) is 9.03. The van der Waals surface area contributed by atoms with E-state index in [9.17, 15) is 0 Å². The van der Waals surface area contributed by atoms with Crippen LogP contribution in [0.2, 0.25) is 0 Å². The summed E-state index contributed by atoms with van der Waals surface area (Å²) in [5.41, 5.74) is 0. The summed E-state index contributed by atoms with van der Waals surface area (Å²) >= 11 is 0. The van der Waals surface area contributed by atoms with Gasteiger partial charge < -0.3 is 9.88 Å². The number of anilines is 1. The molecule has 1 fully saturated rings. The van der Waals surface area contributed by atoms with Crippen molar-refractivity contribution in [3.8, 4) is 0 Å². The van der Waals surface area contributed by atoms with Crippen molar-refractivity contribution in [3.05, 3.63) is 12.4 Å². The van der Waals surface area contributed by atoms with E-state index in [0.29, 0.717) is 6.04 Å². The van der Waals surface area contributed by atoms with Crippen LogP contribution in [0.1, 0.15) is 33.1 Å². The summed E-state index contributed by atoms with van der Waals surface area (Å²) in [6, 6.07) is 0.605. The fourth-order valence-corrected chi connectivity index (χ4v) is 2.44. The minimum atomic E-state index is 0.605.